The molecule has 6 nitrogen and oxygen atoms in total. The van der Waals surface area contributed by atoms with E-state index in [2.05, 4.69) is 0 Å². The zero-order valence-corrected chi connectivity index (χ0v) is 10.8. The maximum atomic E-state index is 13.5. The Morgan fingerprint density at radius 2 is 1.91 bits per heavy atom. The smallest absolute Gasteiger partial charge is 0.326 e. The lowest BCUT2D eigenvalue weighted by Gasteiger charge is -2.00. The van der Waals surface area contributed by atoms with E-state index in [1.165, 1.54) is 18.4 Å². The molecule has 0 aliphatic carbocycles. The number of hydrogen-bond donors (Lipinski definition) is 2. The fraction of sp³-hybridized carbons (Fsp3) is 0. The van der Waals surface area contributed by atoms with Gasteiger partial charge >= 0.3 is 6.03 Å². The van der Waals surface area contributed by atoms with Crippen molar-refractivity contribution in [2.45, 2.75) is 0 Å². The van der Waals surface area contributed by atoms with Crippen LogP contribution in [-0.4, -0.2) is 21.5 Å². The Bertz CT molecular complexity index is 913. The quantitative estimate of drug-likeness (QED) is 0.710. The van der Waals surface area contributed by atoms with Crippen LogP contribution in [-0.2, 0) is 0 Å². The topological polar surface area (TPSA) is 98.5 Å². The van der Waals surface area contributed by atoms with Gasteiger partial charge in [-0.05, 0) is 18.2 Å². The van der Waals surface area contributed by atoms with Crippen molar-refractivity contribution in [1.82, 2.24) is 4.57 Å². The van der Waals surface area contributed by atoms with Gasteiger partial charge in [0.1, 0.15) is 0 Å². The first kappa shape index (κ1) is 13.8. The summed E-state index contributed by atoms with van der Waals surface area (Å²) in [6.07, 6.45) is 1.23. The molecule has 1 amide bonds. The van der Waals surface area contributed by atoms with Crippen molar-refractivity contribution in [2.24, 2.45) is 5.73 Å². The first-order chi connectivity index (χ1) is 10.4. The highest BCUT2D eigenvalue weighted by Gasteiger charge is 2.28. The van der Waals surface area contributed by atoms with Gasteiger partial charge in [0.15, 0.2) is 17.4 Å². The van der Waals surface area contributed by atoms with Crippen molar-refractivity contribution in [3.63, 3.8) is 0 Å². The van der Waals surface area contributed by atoms with Crippen LogP contribution in [0.15, 0.2) is 34.9 Å². The minimum atomic E-state index is -1.25. The molecular weight excluding hydrogens is 298 g/mol. The number of carbonyl (C=O) groups excluding carboxylic acids is 2. The van der Waals surface area contributed by atoms with Crippen LogP contribution in [0, 0.1) is 11.6 Å². The molecule has 0 unspecified atom stereocenters. The van der Waals surface area contributed by atoms with Gasteiger partial charge in [-0.15, -0.1) is 0 Å². The van der Waals surface area contributed by atoms with Crippen molar-refractivity contribution < 1.29 is 27.9 Å². The normalized spacial score (nSPS) is 11.0. The van der Waals surface area contributed by atoms with E-state index in [9.17, 15) is 23.5 Å². The van der Waals surface area contributed by atoms with Crippen LogP contribution in [0.5, 0.6) is 5.88 Å². The molecule has 22 heavy (non-hydrogen) atoms. The number of nitrogens with two attached hydrogens (primary N) is 1. The molecule has 8 heteroatoms. The molecule has 3 aromatic rings. The molecular formula is C14H8F2N2O4. The van der Waals surface area contributed by atoms with Crippen molar-refractivity contribution in [1.29, 1.82) is 0 Å². The van der Waals surface area contributed by atoms with Crippen molar-refractivity contribution >= 4 is 22.7 Å². The predicted octanol–water partition coefficient (Wildman–Crippen LogP) is 2.38. The van der Waals surface area contributed by atoms with E-state index >= 15 is 0 Å². The Balaban J connectivity index is 2.39. The molecule has 0 saturated carbocycles. The van der Waals surface area contributed by atoms with E-state index in [-0.39, 0.29) is 16.7 Å². The summed E-state index contributed by atoms with van der Waals surface area (Å²) in [6.45, 7) is 0. The molecule has 0 atom stereocenters. The SMILES string of the molecule is NC(=O)n1c(O)c(C(=O)c2ccco2)c2cc(F)c(F)cc21. The van der Waals surface area contributed by atoms with Gasteiger partial charge in [0.25, 0.3) is 0 Å². The van der Waals surface area contributed by atoms with Crippen LogP contribution in [0.25, 0.3) is 10.9 Å². The van der Waals surface area contributed by atoms with Gasteiger partial charge in [0, 0.05) is 11.5 Å². The predicted molar refractivity (Wildman–Crippen MR) is 70.6 cm³/mol. The molecule has 0 bridgehead atoms. The lowest BCUT2D eigenvalue weighted by Crippen LogP contribution is -2.19. The van der Waals surface area contributed by atoms with Crippen LogP contribution in [0.1, 0.15) is 16.1 Å². The highest BCUT2D eigenvalue weighted by molar-refractivity contribution is 6.18. The van der Waals surface area contributed by atoms with Crippen LogP contribution >= 0.6 is 0 Å². The Kier molecular flexibility index (Phi) is 2.94. The summed E-state index contributed by atoms with van der Waals surface area (Å²) in [6, 6.07) is 3.01. The third kappa shape index (κ3) is 1.85. The summed E-state index contributed by atoms with van der Waals surface area (Å²) < 4.78 is 32.3. The molecule has 112 valence electrons. The number of aromatic hydroxyl groups is 1. The maximum absolute atomic E-state index is 13.5. The lowest BCUT2D eigenvalue weighted by molar-refractivity contribution is 0.101. The van der Waals surface area contributed by atoms with E-state index in [1.54, 1.807) is 0 Å². The molecule has 3 rings (SSSR count). The second-order valence-electron chi connectivity index (χ2n) is 4.46. The number of halogens is 2. The fourth-order valence-corrected chi connectivity index (χ4v) is 2.25. The summed E-state index contributed by atoms with van der Waals surface area (Å²) in [5.41, 5.74) is 4.49. The van der Waals surface area contributed by atoms with E-state index in [0.29, 0.717) is 16.7 Å². The number of carbonyl (C=O) groups is 2. The first-order valence-electron chi connectivity index (χ1n) is 6.02. The zero-order chi connectivity index (χ0) is 16.0. The summed E-state index contributed by atoms with van der Waals surface area (Å²) in [5, 5.41) is 9.93. The number of hydrogen-bond acceptors (Lipinski definition) is 4. The standard InChI is InChI=1S/C14H8F2N2O4/c15-7-4-6-9(5-8(7)16)18(14(17)21)13(20)11(6)12(19)10-2-1-3-22-10/h1-5,20H,(H2,17,21). The fourth-order valence-electron chi connectivity index (χ4n) is 2.25. The van der Waals surface area contributed by atoms with E-state index < -0.39 is 34.9 Å². The van der Waals surface area contributed by atoms with Gasteiger partial charge in [-0.2, -0.15) is 0 Å². The number of rotatable bonds is 2. The number of fused-ring (bicyclic) bond motifs is 1. The monoisotopic (exact) mass is 306 g/mol. The van der Waals surface area contributed by atoms with Gasteiger partial charge in [-0.1, -0.05) is 0 Å². The molecule has 1 aromatic carbocycles. The Hall–Kier alpha value is -3.16. The number of amides is 1. The molecule has 0 saturated heterocycles. The van der Waals surface area contributed by atoms with Crippen LogP contribution in [0.4, 0.5) is 13.6 Å². The van der Waals surface area contributed by atoms with Crippen LogP contribution < -0.4 is 5.73 Å². The average Bonchev–Trinajstić information content (AvgIpc) is 3.05. The number of benzene rings is 1. The van der Waals surface area contributed by atoms with Crippen molar-refractivity contribution in [3.05, 3.63) is 53.5 Å². The maximum Gasteiger partial charge on any atom is 0.326 e. The molecule has 0 spiro atoms. The number of ketones is 1. The molecule has 0 aliphatic rings. The number of furan rings is 1. The molecule has 0 aliphatic heterocycles. The Morgan fingerprint density at radius 3 is 2.50 bits per heavy atom. The Morgan fingerprint density at radius 1 is 1.23 bits per heavy atom. The molecule has 3 N–H and O–H groups in total. The third-order valence-electron chi connectivity index (χ3n) is 3.18. The second-order valence-corrected chi connectivity index (χ2v) is 4.46. The van der Waals surface area contributed by atoms with Gasteiger partial charge < -0.3 is 15.3 Å². The zero-order valence-electron chi connectivity index (χ0n) is 10.8. The number of primary amides is 1. The summed E-state index contributed by atoms with van der Waals surface area (Å²) in [7, 11) is 0. The van der Waals surface area contributed by atoms with Gasteiger partial charge in [-0.3, -0.25) is 4.79 Å². The van der Waals surface area contributed by atoms with Gasteiger partial charge in [-0.25, -0.2) is 18.1 Å². The third-order valence-corrected chi connectivity index (χ3v) is 3.18. The minimum absolute atomic E-state index is 0.136. The van der Waals surface area contributed by atoms with Crippen molar-refractivity contribution in [3.8, 4) is 5.88 Å². The molecule has 0 fully saturated rings. The highest BCUT2D eigenvalue weighted by atomic mass is 19.2. The van der Waals surface area contributed by atoms with E-state index in [1.807, 2.05) is 0 Å². The summed E-state index contributed by atoms with van der Waals surface area (Å²) in [4.78, 5) is 23.8. The Labute approximate surface area is 121 Å². The minimum Gasteiger partial charge on any atom is -0.494 e. The molecule has 0 radical (unpaired) electrons. The van der Waals surface area contributed by atoms with Gasteiger partial charge in [0.2, 0.25) is 11.7 Å². The lowest BCUT2D eigenvalue weighted by atomic mass is 10.1. The van der Waals surface area contributed by atoms with Crippen molar-refractivity contribution in [2.75, 3.05) is 0 Å². The van der Waals surface area contributed by atoms with Gasteiger partial charge in [0.05, 0.1) is 17.3 Å². The summed E-state index contributed by atoms with van der Waals surface area (Å²) >= 11 is 0. The first-order valence-corrected chi connectivity index (χ1v) is 6.02. The average molecular weight is 306 g/mol. The van der Waals surface area contributed by atoms with Crippen LogP contribution in [0.2, 0.25) is 0 Å². The molecule has 2 heterocycles. The highest BCUT2D eigenvalue weighted by Crippen LogP contribution is 2.34. The number of nitrogens with zero attached hydrogens (tertiary/aromatic N) is 1. The van der Waals surface area contributed by atoms with E-state index in [0.717, 1.165) is 0 Å². The largest absolute Gasteiger partial charge is 0.494 e. The van der Waals surface area contributed by atoms with E-state index in [4.69, 9.17) is 10.2 Å². The van der Waals surface area contributed by atoms with Crippen LogP contribution in [0.3, 0.4) is 0 Å². The second kappa shape index (κ2) is 4.69. The number of aromatic nitrogens is 1. The summed E-state index contributed by atoms with van der Waals surface area (Å²) in [5.74, 6) is -4.22. The molecule has 2 aromatic heterocycles.